The average molecular weight is 334 g/mol. The van der Waals surface area contributed by atoms with Crippen molar-refractivity contribution in [1.29, 1.82) is 0 Å². The lowest BCUT2D eigenvalue weighted by Crippen LogP contribution is -2.33. The Kier molecular flexibility index (Phi) is 4.93. The van der Waals surface area contributed by atoms with Crippen LogP contribution < -0.4 is 0 Å². The minimum atomic E-state index is -4.01. The molecule has 8 heteroatoms. The number of likely N-dealkylation sites (tertiary alicyclic amines) is 1. The Balaban J connectivity index is 2.33. The fourth-order valence-electron chi connectivity index (χ4n) is 2.63. The molecule has 1 fully saturated rings. The van der Waals surface area contributed by atoms with Gasteiger partial charge in [-0.15, -0.1) is 0 Å². The highest BCUT2D eigenvalue weighted by Crippen LogP contribution is 2.25. The number of aromatic nitrogens is 2. The molecule has 1 N–H and O–H groups in total. The van der Waals surface area contributed by atoms with Gasteiger partial charge in [-0.2, -0.15) is 5.10 Å². The summed E-state index contributed by atoms with van der Waals surface area (Å²) in [5, 5.41) is 6.51. The second kappa shape index (κ2) is 6.36. The van der Waals surface area contributed by atoms with Crippen molar-refractivity contribution in [3.05, 3.63) is 11.4 Å². The number of aryl methyl sites for hydroxylation is 1. The summed E-state index contributed by atoms with van der Waals surface area (Å²) < 4.78 is 23.5. The van der Waals surface area contributed by atoms with E-state index in [1.165, 1.54) is 0 Å². The summed E-state index contributed by atoms with van der Waals surface area (Å²) in [5.74, 6) is 0.212. The highest BCUT2D eigenvalue weighted by Gasteiger charge is 2.31. The lowest BCUT2D eigenvalue weighted by atomic mass is 10.0. The second-order valence-electron chi connectivity index (χ2n) is 5.50. The predicted octanol–water partition coefficient (Wildman–Crippen LogP) is 2.16. The molecule has 1 aliphatic heterocycles. The lowest BCUT2D eigenvalue weighted by molar-refractivity contribution is 0.0750. The fourth-order valence-corrected chi connectivity index (χ4v) is 3.98. The van der Waals surface area contributed by atoms with Crippen molar-refractivity contribution in [2.24, 2.45) is 5.92 Å². The summed E-state index contributed by atoms with van der Waals surface area (Å²) in [5.41, 5.74) is 0.285. The zero-order valence-electron chi connectivity index (χ0n) is 12.2. The zero-order chi connectivity index (χ0) is 15.6. The molecule has 21 heavy (non-hydrogen) atoms. The minimum absolute atomic E-state index is 0.0867. The number of rotatable bonds is 3. The van der Waals surface area contributed by atoms with Gasteiger partial charge in [0.1, 0.15) is 4.90 Å². The minimum Gasteiger partial charge on any atom is -0.337 e. The van der Waals surface area contributed by atoms with Gasteiger partial charge in [0.15, 0.2) is 5.69 Å². The molecule has 2 rings (SSSR count). The van der Waals surface area contributed by atoms with Crippen LogP contribution in [0.4, 0.5) is 0 Å². The van der Waals surface area contributed by atoms with E-state index in [-0.39, 0.29) is 16.5 Å². The van der Waals surface area contributed by atoms with Gasteiger partial charge >= 0.3 is 0 Å². The van der Waals surface area contributed by atoms with E-state index in [0.717, 1.165) is 19.3 Å². The number of hydrogen-bond acceptors (Lipinski definition) is 4. The molecule has 2 heterocycles. The van der Waals surface area contributed by atoms with Crippen LogP contribution >= 0.6 is 10.7 Å². The highest BCUT2D eigenvalue weighted by molar-refractivity contribution is 8.13. The molecule has 0 bridgehead atoms. The Morgan fingerprint density at radius 1 is 1.43 bits per heavy atom. The van der Waals surface area contributed by atoms with Crippen LogP contribution in [0.5, 0.6) is 0 Å². The summed E-state index contributed by atoms with van der Waals surface area (Å²) in [6.07, 6.45) is 3.32. The molecule has 6 nitrogen and oxygen atoms in total. The van der Waals surface area contributed by atoms with Gasteiger partial charge in [-0.1, -0.05) is 13.8 Å². The number of amides is 1. The van der Waals surface area contributed by atoms with Crippen molar-refractivity contribution in [3.63, 3.8) is 0 Å². The molecule has 1 aromatic rings. The summed E-state index contributed by atoms with van der Waals surface area (Å²) in [7, 11) is 1.46. The van der Waals surface area contributed by atoms with E-state index < -0.39 is 9.05 Å². The molecule has 0 aliphatic carbocycles. The van der Waals surface area contributed by atoms with Crippen LogP contribution in [0, 0.1) is 5.92 Å². The largest absolute Gasteiger partial charge is 0.337 e. The first-order valence-electron chi connectivity index (χ1n) is 7.15. The average Bonchev–Trinajstić information content (AvgIpc) is 2.74. The van der Waals surface area contributed by atoms with Crippen LogP contribution in [0.1, 0.15) is 49.3 Å². The fraction of sp³-hybridized carbons (Fsp3) is 0.692. The number of halogens is 1. The standard InChI is InChI=1S/C13H20ClN3O3S/c1-3-10-12(21(14,19)20)11(16-15-10)13(18)17-7-4-5-9(2)6-8-17/h9H,3-8H2,1-2H3,(H,15,16). The van der Waals surface area contributed by atoms with Crippen LogP contribution in [0.25, 0.3) is 0 Å². The Bertz CT molecular complexity index is 627. The first-order chi connectivity index (χ1) is 9.84. The van der Waals surface area contributed by atoms with Crippen molar-refractivity contribution in [2.75, 3.05) is 13.1 Å². The molecule has 1 aromatic heterocycles. The quantitative estimate of drug-likeness (QED) is 0.859. The number of H-pyrrole nitrogens is 1. The molecule has 1 aliphatic rings. The SMILES string of the molecule is CCc1[nH]nc(C(=O)N2CCCC(C)CC2)c1S(=O)(=O)Cl. The molecule has 1 saturated heterocycles. The Hall–Kier alpha value is -1.08. The van der Waals surface area contributed by atoms with Gasteiger partial charge in [-0.3, -0.25) is 9.89 Å². The lowest BCUT2D eigenvalue weighted by Gasteiger charge is -2.19. The monoisotopic (exact) mass is 333 g/mol. The molecule has 0 spiro atoms. The molecule has 1 amide bonds. The Labute approximate surface area is 129 Å². The van der Waals surface area contributed by atoms with Crippen LogP contribution in [0.15, 0.2) is 4.90 Å². The molecular weight excluding hydrogens is 314 g/mol. The molecule has 1 unspecified atom stereocenters. The number of nitrogens with zero attached hydrogens (tertiary/aromatic N) is 2. The maximum Gasteiger partial charge on any atom is 0.275 e. The molecule has 0 aromatic carbocycles. The second-order valence-corrected chi connectivity index (χ2v) is 8.00. The van der Waals surface area contributed by atoms with E-state index in [0.29, 0.717) is 31.1 Å². The summed E-state index contributed by atoms with van der Waals surface area (Å²) in [6, 6.07) is 0. The molecule has 0 saturated carbocycles. The van der Waals surface area contributed by atoms with Gasteiger partial charge in [-0.25, -0.2) is 8.42 Å². The predicted molar refractivity (Wildman–Crippen MR) is 79.9 cm³/mol. The smallest absolute Gasteiger partial charge is 0.275 e. The molecule has 1 atom stereocenters. The van der Waals surface area contributed by atoms with Gasteiger partial charge in [0, 0.05) is 23.8 Å². The van der Waals surface area contributed by atoms with E-state index in [2.05, 4.69) is 17.1 Å². The third-order valence-corrected chi connectivity index (χ3v) is 5.29. The number of nitrogens with one attached hydrogen (secondary N) is 1. The third-order valence-electron chi connectivity index (χ3n) is 3.90. The van der Waals surface area contributed by atoms with Crippen molar-refractivity contribution in [1.82, 2.24) is 15.1 Å². The Morgan fingerprint density at radius 3 is 2.76 bits per heavy atom. The normalized spacial score (nSPS) is 20.3. The van der Waals surface area contributed by atoms with Crippen LogP contribution in [-0.4, -0.2) is 42.5 Å². The van der Waals surface area contributed by atoms with Gasteiger partial charge < -0.3 is 4.90 Å². The molecule has 0 radical (unpaired) electrons. The van der Waals surface area contributed by atoms with Crippen LogP contribution in [0.2, 0.25) is 0 Å². The van der Waals surface area contributed by atoms with Gasteiger partial charge in [0.05, 0.1) is 5.69 Å². The molecular formula is C13H20ClN3O3S. The van der Waals surface area contributed by atoms with Gasteiger partial charge in [-0.05, 0) is 31.6 Å². The number of carbonyl (C=O) groups excluding carboxylic acids is 1. The van der Waals surface area contributed by atoms with E-state index in [1.807, 2.05) is 0 Å². The topological polar surface area (TPSA) is 83.1 Å². The summed E-state index contributed by atoms with van der Waals surface area (Å²) in [4.78, 5) is 14.1. The van der Waals surface area contributed by atoms with Crippen LogP contribution in [0.3, 0.4) is 0 Å². The van der Waals surface area contributed by atoms with Gasteiger partial charge in [0.2, 0.25) is 0 Å². The number of carbonyl (C=O) groups is 1. The maximum atomic E-state index is 12.6. The van der Waals surface area contributed by atoms with Crippen molar-refractivity contribution in [2.45, 2.75) is 44.4 Å². The van der Waals surface area contributed by atoms with Crippen LogP contribution in [-0.2, 0) is 15.5 Å². The van der Waals surface area contributed by atoms with E-state index in [4.69, 9.17) is 10.7 Å². The summed E-state index contributed by atoms with van der Waals surface area (Å²) in [6.45, 7) is 5.18. The van der Waals surface area contributed by atoms with Crippen molar-refractivity contribution >= 4 is 25.6 Å². The highest BCUT2D eigenvalue weighted by atomic mass is 35.7. The third kappa shape index (κ3) is 3.58. The van der Waals surface area contributed by atoms with Crippen molar-refractivity contribution < 1.29 is 13.2 Å². The number of hydrogen-bond donors (Lipinski definition) is 1. The van der Waals surface area contributed by atoms with E-state index in [1.54, 1.807) is 11.8 Å². The Morgan fingerprint density at radius 2 is 2.14 bits per heavy atom. The first-order valence-corrected chi connectivity index (χ1v) is 9.46. The summed E-state index contributed by atoms with van der Waals surface area (Å²) >= 11 is 0. The van der Waals surface area contributed by atoms with E-state index in [9.17, 15) is 13.2 Å². The van der Waals surface area contributed by atoms with Gasteiger partial charge in [0.25, 0.3) is 15.0 Å². The van der Waals surface area contributed by atoms with Crippen molar-refractivity contribution in [3.8, 4) is 0 Å². The maximum absolute atomic E-state index is 12.6. The zero-order valence-corrected chi connectivity index (χ0v) is 13.8. The van der Waals surface area contributed by atoms with E-state index >= 15 is 0 Å². The first kappa shape index (κ1) is 16.3. The molecule has 118 valence electrons. The number of aromatic amines is 1.